The first-order chi connectivity index (χ1) is 12.4. The summed E-state index contributed by atoms with van der Waals surface area (Å²) >= 11 is 1.25. The molecule has 1 fully saturated rings. The van der Waals surface area contributed by atoms with Crippen LogP contribution in [-0.4, -0.2) is 40.6 Å². The van der Waals surface area contributed by atoms with Crippen LogP contribution < -0.4 is 15.0 Å². The SMILES string of the molecule is COc1cc([N+](=O)[O-])ccc1N1C[C@@H](C(=O)Nc2nnc(C)s2)CC1=O. The van der Waals surface area contributed by atoms with E-state index in [0.29, 0.717) is 10.8 Å². The van der Waals surface area contributed by atoms with Crippen molar-refractivity contribution < 1.29 is 19.2 Å². The minimum atomic E-state index is -0.563. The average Bonchev–Trinajstić information content (AvgIpc) is 3.19. The molecule has 2 amide bonds. The number of non-ortho nitro benzene ring substituents is 1. The molecule has 0 aliphatic carbocycles. The van der Waals surface area contributed by atoms with E-state index in [-0.39, 0.29) is 36.2 Å². The lowest BCUT2D eigenvalue weighted by Gasteiger charge is -2.19. The molecule has 1 aromatic carbocycles. The topological polar surface area (TPSA) is 128 Å². The molecule has 1 aliphatic heterocycles. The summed E-state index contributed by atoms with van der Waals surface area (Å²) < 4.78 is 5.18. The van der Waals surface area contributed by atoms with Gasteiger partial charge in [0.25, 0.3) is 5.69 Å². The van der Waals surface area contributed by atoms with Gasteiger partial charge in [0.2, 0.25) is 16.9 Å². The highest BCUT2D eigenvalue weighted by molar-refractivity contribution is 7.15. The third-order valence-electron chi connectivity index (χ3n) is 3.92. The number of carbonyl (C=O) groups excluding carboxylic acids is 2. The van der Waals surface area contributed by atoms with E-state index in [9.17, 15) is 19.7 Å². The van der Waals surface area contributed by atoms with Crippen LogP contribution in [0.15, 0.2) is 18.2 Å². The number of hydrogen-bond donors (Lipinski definition) is 1. The standard InChI is InChI=1S/C15H15N5O5S/c1-8-17-18-15(26-8)16-14(22)9-5-13(21)19(7-9)11-4-3-10(20(23)24)6-12(11)25-2/h3-4,6,9H,5,7H2,1-2H3,(H,16,18,22)/t9-/m0/s1. The number of nitro groups is 1. The number of nitro benzene ring substituents is 1. The molecule has 1 aromatic heterocycles. The van der Waals surface area contributed by atoms with Gasteiger partial charge in [-0.05, 0) is 13.0 Å². The first kappa shape index (κ1) is 17.7. The number of carbonyl (C=O) groups is 2. The van der Waals surface area contributed by atoms with Crippen LogP contribution in [0.4, 0.5) is 16.5 Å². The summed E-state index contributed by atoms with van der Waals surface area (Å²) in [7, 11) is 1.37. The third-order valence-corrected chi connectivity index (χ3v) is 4.67. The van der Waals surface area contributed by atoms with Gasteiger partial charge in [0.15, 0.2) is 0 Å². The van der Waals surface area contributed by atoms with Crippen molar-refractivity contribution in [2.45, 2.75) is 13.3 Å². The van der Waals surface area contributed by atoms with E-state index >= 15 is 0 Å². The summed E-state index contributed by atoms with van der Waals surface area (Å²) in [5.74, 6) is -0.941. The Hall–Kier alpha value is -3.08. The summed E-state index contributed by atoms with van der Waals surface area (Å²) in [6.07, 6.45) is 0.0315. The Balaban J connectivity index is 1.77. The van der Waals surface area contributed by atoms with Crippen molar-refractivity contribution in [1.29, 1.82) is 0 Å². The van der Waals surface area contributed by atoms with Crippen molar-refractivity contribution in [3.8, 4) is 5.75 Å². The molecule has 0 bridgehead atoms. The number of methoxy groups -OCH3 is 1. The van der Waals surface area contributed by atoms with Crippen molar-refractivity contribution in [2.24, 2.45) is 5.92 Å². The number of aromatic nitrogens is 2. The summed E-state index contributed by atoms with van der Waals surface area (Å²) in [5, 5.41) is 22.3. The molecule has 2 heterocycles. The molecule has 26 heavy (non-hydrogen) atoms. The lowest BCUT2D eigenvalue weighted by atomic mass is 10.1. The maximum absolute atomic E-state index is 12.4. The van der Waals surface area contributed by atoms with E-state index in [1.54, 1.807) is 6.92 Å². The van der Waals surface area contributed by atoms with Gasteiger partial charge in [0.05, 0.1) is 29.7 Å². The minimum Gasteiger partial charge on any atom is -0.494 e. The van der Waals surface area contributed by atoms with E-state index < -0.39 is 10.8 Å². The Kier molecular flexibility index (Phi) is 4.80. The molecule has 10 nitrogen and oxygen atoms in total. The average molecular weight is 377 g/mol. The predicted octanol–water partition coefficient (Wildman–Crippen LogP) is 1.75. The zero-order chi connectivity index (χ0) is 18.8. The number of anilines is 2. The highest BCUT2D eigenvalue weighted by Gasteiger charge is 2.37. The normalized spacial score (nSPS) is 16.6. The molecule has 11 heteroatoms. The number of rotatable bonds is 5. The minimum absolute atomic E-state index is 0.0315. The van der Waals surface area contributed by atoms with Gasteiger partial charge in [0, 0.05) is 19.0 Å². The van der Waals surface area contributed by atoms with Crippen LogP contribution >= 0.6 is 11.3 Å². The Morgan fingerprint density at radius 3 is 2.85 bits per heavy atom. The number of benzene rings is 1. The van der Waals surface area contributed by atoms with Gasteiger partial charge >= 0.3 is 0 Å². The van der Waals surface area contributed by atoms with Gasteiger partial charge in [-0.2, -0.15) is 0 Å². The van der Waals surface area contributed by atoms with Crippen LogP contribution in [0.1, 0.15) is 11.4 Å². The van der Waals surface area contributed by atoms with E-state index in [1.165, 1.54) is 41.5 Å². The number of amides is 2. The molecule has 1 saturated heterocycles. The molecule has 0 radical (unpaired) electrons. The zero-order valence-corrected chi connectivity index (χ0v) is 14.8. The Morgan fingerprint density at radius 1 is 1.46 bits per heavy atom. The summed E-state index contributed by atoms with van der Waals surface area (Å²) in [5.41, 5.74) is 0.253. The first-order valence-corrected chi connectivity index (χ1v) is 8.44. The second-order valence-corrected chi connectivity index (χ2v) is 6.82. The van der Waals surface area contributed by atoms with Gasteiger partial charge in [-0.1, -0.05) is 11.3 Å². The number of ether oxygens (including phenoxy) is 1. The number of nitrogens with one attached hydrogen (secondary N) is 1. The van der Waals surface area contributed by atoms with Crippen LogP contribution in [0, 0.1) is 23.0 Å². The van der Waals surface area contributed by atoms with Crippen molar-refractivity contribution in [3.05, 3.63) is 33.3 Å². The fourth-order valence-electron chi connectivity index (χ4n) is 2.67. The summed E-state index contributed by atoms with van der Waals surface area (Å²) in [6, 6.07) is 3.99. The van der Waals surface area contributed by atoms with Crippen LogP contribution in [-0.2, 0) is 9.59 Å². The molecule has 136 valence electrons. The molecular weight excluding hydrogens is 362 g/mol. The highest BCUT2D eigenvalue weighted by atomic mass is 32.1. The molecule has 0 saturated carbocycles. The van der Waals surface area contributed by atoms with Gasteiger partial charge in [-0.15, -0.1) is 10.2 Å². The maximum atomic E-state index is 12.4. The molecule has 1 aliphatic rings. The van der Waals surface area contributed by atoms with Gasteiger partial charge < -0.3 is 15.0 Å². The van der Waals surface area contributed by atoms with E-state index in [0.717, 1.165) is 5.01 Å². The van der Waals surface area contributed by atoms with Crippen LogP contribution in [0.5, 0.6) is 5.75 Å². The fourth-order valence-corrected chi connectivity index (χ4v) is 3.27. The van der Waals surface area contributed by atoms with Gasteiger partial charge in [-0.3, -0.25) is 19.7 Å². The Bertz CT molecular complexity index is 883. The van der Waals surface area contributed by atoms with Gasteiger partial charge in [-0.25, -0.2) is 0 Å². The van der Waals surface area contributed by atoms with Crippen LogP contribution in [0.3, 0.4) is 0 Å². The number of aryl methyl sites for hydroxylation is 1. The monoisotopic (exact) mass is 377 g/mol. The molecule has 1 N–H and O–H groups in total. The molecule has 1 atom stereocenters. The van der Waals surface area contributed by atoms with Crippen molar-refractivity contribution in [2.75, 3.05) is 23.9 Å². The van der Waals surface area contributed by atoms with E-state index in [4.69, 9.17) is 4.74 Å². The van der Waals surface area contributed by atoms with E-state index in [2.05, 4.69) is 15.5 Å². The largest absolute Gasteiger partial charge is 0.494 e. The molecule has 0 unspecified atom stereocenters. The van der Waals surface area contributed by atoms with Gasteiger partial charge in [0.1, 0.15) is 10.8 Å². The first-order valence-electron chi connectivity index (χ1n) is 7.63. The molecular formula is C15H15N5O5S. The fraction of sp³-hybridized carbons (Fsp3) is 0.333. The summed E-state index contributed by atoms with van der Waals surface area (Å²) in [6.45, 7) is 1.92. The lowest BCUT2D eigenvalue weighted by molar-refractivity contribution is -0.384. The molecule has 2 aromatic rings. The molecule has 0 spiro atoms. The Labute approximate surface area is 151 Å². The zero-order valence-electron chi connectivity index (χ0n) is 14.0. The smallest absolute Gasteiger partial charge is 0.273 e. The molecule has 3 rings (SSSR count). The van der Waals surface area contributed by atoms with Crippen molar-refractivity contribution >= 4 is 39.7 Å². The van der Waals surface area contributed by atoms with Crippen molar-refractivity contribution in [1.82, 2.24) is 10.2 Å². The lowest BCUT2D eigenvalue weighted by Crippen LogP contribution is -2.28. The van der Waals surface area contributed by atoms with Crippen LogP contribution in [0.25, 0.3) is 0 Å². The van der Waals surface area contributed by atoms with E-state index in [1.807, 2.05) is 0 Å². The Morgan fingerprint density at radius 2 is 2.23 bits per heavy atom. The quantitative estimate of drug-likeness (QED) is 0.621. The van der Waals surface area contributed by atoms with Crippen LogP contribution in [0.2, 0.25) is 0 Å². The second kappa shape index (κ2) is 7.04. The second-order valence-electron chi connectivity index (χ2n) is 5.63. The third kappa shape index (κ3) is 3.47. The maximum Gasteiger partial charge on any atom is 0.273 e. The highest BCUT2D eigenvalue weighted by Crippen LogP contribution is 2.36. The predicted molar refractivity (Wildman–Crippen MR) is 93.4 cm³/mol. The van der Waals surface area contributed by atoms with Crippen molar-refractivity contribution in [3.63, 3.8) is 0 Å². The number of nitrogens with zero attached hydrogens (tertiary/aromatic N) is 4. The summed E-state index contributed by atoms with van der Waals surface area (Å²) in [4.78, 5) is 36.5. The number of hydrogen-bond acceptors (Lipinski definition) is 8.